The van der Waals surface area contributed by atoms with Gasteiger partial charge in [0.25, 0.3) is 0 Å². The van der Waals surface area contributed by atoms with Crippen LogP contribution in [-0.4, -0.2) is 31.8 Å². The number of nitriles is 1. The number of hydrogen-bond donors (Lipinski definition) is 1. The SMILES string of the molecule is COC(=O)COc1c(I)cc(/C=C(/C#N)C(N)=S)cc1OC. The zero-order valence-electron chi connectivity index (χ0n) is 11.9. The largest absolute Gasteiger partial charge is 0.493 e. The van der Waals surface area contributed by atoms with Gasteiger partial charge in [-0.05, 0) is 46.4 Å². The molecule has 0 aliphatic heterocycles. The molecule has 0 bridgehead atoms. The topological polar surface area (TPSA) is 94.6 Å². The number of hydrogen-bond acceptors (Lipinski definition) is 6. The van der Waals surface area contributed by atoms with Crippen molar-refractivity contribution in [1.82, 2.24) is 0 Å². The van der Waals surface area contributed by atoms with Crippen molar-refractivity contribution in [3.63, 3.8) is 0 Å². The van der Waals surface area contributed by atoms with Gasteiger partial charge in [0.2, 0.25) is 0 Å². The predicted octanol–water partition coefficient (Wildman–Crippen LogP) is 2.04. The van der Waals surface area contributed by atoms with E-state index in [4.69, 9.17) is 32.7 Å². The normalized spacial score (nSPS) is 10.5. The molecule has 1 rings (SSSR count). The Balaban J connectivity index is 3.18. The van der Waals surface area contributed by atoms with Crippen LogP contribution in [0.4, 0.5) is 0 Å². The third-order valence-corrected chi connectivity index (χ3v) is 3.53. The first kappa shape index (κ1) is 18.2. The van der Waals surface area contributed by atoms with Crippen molar-refractivity contribution >= 4 is 51.8 Å². The maximum atomic E-state index is 11.2. The number of halogens is 1. The minimum atomic E-state index is -0.498. The van der Waals surface area contributed by atoms with Gasteiger partial charge in [-0.3, -0.25) is 0 Å². The van der Waals surface area contributed by atoms with E-state index < -0.39 is 5.97 Å². The second-order valence-electron chi connectivity index (χ2n) is 3.93. The monoisotopic (exact) mass is 432 g/mol. The first-order chi connectivity index (χ1) is 10.4. The summed E-state index contributed by atoms with van der Waals surface area (Å²) in [5.74, 6) is 0.337. The Kier molecular flexibility index (Phi) is 7.07. The highest BCUT2D eigenvalue weighted by Crippen LogP contribution is 2.34. The Morgan fingerprint density at radius 1 is 1.50 bits per heavy atom. The molecular formula is C14H13IN2O4S. The Bertz CT molecular complexity index is 668. The summed E-state index contributed by atoms with van der Waals surface area (Å²) >= 11 is 6.83. The van der Waals surface area contributed by atoms with Crippen LogP contribution in [-0.2, 0) is 9.53 Å². The van der Waals surface area contributed by atoms with E-state index in [1.807, 2.05) is 28.7 Å². The maximum Gasteiger partial charge on any atom is 0.343 e. The van der Waals surface area contributed by atoms with Crippen LogP contribution in [0.25, 0.3) is 6.08 Å². The summed E-state index contributed by atoms with van der Waals surface area (Å²) in [6, 6.07) is 5.34. The van der Waals surface area contributed by atoms with Gasteiger partial charge in [-0.2, -0.15) is 5.26 Å². The molecule has 0 fully saturated rings. The number of nitrogens with two attached hydrogens (primary N) is 1. The van der Waals surface area contributed by atoms with Crippen LogP contribution in [0.1, 0.15) is 5.56 Å². The van der Waals surface area contributed by atoms with Crippen LogP contribution in [0, 0.1) is 14.9 Å². The van der Waals surface area contributed by atoms with E-state index in [-0.39, 0.29) is 17.2 Å². The fraction of sp³-hybridized carbons (Fsp3) is 0.214. The van der Waals surface area contributed by atoms with Gasteiger partial charge in [0, 0.05) is 0 Å². The first-order valence-electron chi connectivity index (χ1n) is 5.91. The first-order valence-corrected chi connectivity index (χ1v) is 7.40. The van der Waals surface area contributed by atoms with Gasteiger partial charge < -0.3 is 19.9 Å². The number of ether oxygens (including phenoxy) is 3. The van der Waals surface area contributed by atoms with E-state index in [0.29, 0.717) is 20.6 Å². The third-order valence-electron chi connectivity index (χ3n) is 2.51. The zero-order valence-corrected chi connectivity index (χ0v) is 14.9. The molecule has 0 radical (unpaired) electrons. The smallest absolute Gasteiger partial charge is 0.343 e. The molecule has 22 heavy (non-hydrogen) atoms. The molecule has 1 aromatic carbocycles. The molecule has 1 aromatic rings. The number of thiocarbonyl (C=S) groups is 1. The van der Waals surface area contributed by atoms with Crippen molar-refractivity contribution in [1.29, 1.82) is 5.26 Å². The van der Waals surface area contributed by atoms with E-state index in [2.05, 4.69) is 4.74 Å². The van der Waals surface area contributed by atoms with Crippen LogP contribution in [0.15, 0.2) is 17.7 Å². The molecule has 0 aliphatic carbocycles. The zero-order chi connectivity index (χ0) is 16.7. The van der Waals surface area contributed by atoms with E-state index in [1.165, 1.54) is 14.2 Å². The maximum absolute atomic E-state index is 11.2. The fourth-order valence-corrected chi connectivity index (χ4v) is 2.36. The molecule has 2 N–H and O–H groups in total. The van der Waals surface area contributed by atoms with Crippen LogP contribution < -0.4 is 15.2 Å². The molecule has 0 heterocycles. The summed E-state index contributed by atoms with van der Waals surface area (Å²) < 4.78 is 15.9. The molecule has 116 valence electrons. The molecular weight excluding hydrogens is 419 g/mol. The lowest BCUT2D eigenvalue weighted by Gasteiger charge is -2.13. The number of benzene rings is 1. The Morgan fingerprint density at radius 2 is 2.18 bits per heavy atom. The summed E-state index contributed by atoms with van der Waals surface area (Å²) in [5, 5.41) is 8.99. The van der Waals surface area contributed by atoms with Crippen molar-refractivity contribution < 1.29 is 19.0 Å². The minimum Gasteiger partial charge on any atom is -0.493 e. The Morgan fingerprint density at radius 3 is 2.68 bits per heavy atom. The van der Waals surface area contributed by atoms with Crippen molar-refractivity contribution in [2.24, 2.45) is 5.73 Å². The van der Waals surface area contributed by atoms with Crippen LogP contribution >= 0.6 is 34.8 Å². The minimum absolute atomic E-state index is 0.0162. The standard InChI is InChI=1S/C14H13IN2O4S/c1-19-11-5-8(3-9(6-16)14(17)22)4-10(15)13(11)21-7-12(18)20-2/h3-5H,7H2,1-2H3,(H2,17,22)/b9-3-. The van der Waals surface area contributed by atoms with Gasteiger partial charge in [-0.15, -0.1) is 0 Å². The number of methoxy groups -OCH3 is 2. The average Bonchev–Trinajstić information content (AvgIpc) is 2.50. The molecule has 8 heteroatoms. The van der Waals surface area contributed by atoms with Gasteiger partial charge >= 0.3 is 5.97 Å². The highest BCUT2D eigenvalue weighted by molar-refractivity contribution is 14.1. The summed E-state index contributed by atoms with van der Waals surface area (Å²) in [7, 11) is 2.75. The van der Waals surface area contributed by atoms with Crippen molar-refractivity contribution in [2.45, 2.75) is 0 Å². The van der Waals surface area contributed by atoms with Crippen LogP contribution in [0.2, 0.25) is 0 Å². The molecule has 0 atom stereocenters. The highest BCUT2D eigenvalue weighted by atomic mass is 127. The van der Waals surface area contributed by atoms with Crippen molar-refractivity contribution in [3.8, 4) is 17.6 Å². The molecule has 0 aromatic heterocycles. The highest BCUT2D eigenvalue weighted by Gasteiger charge is 2.13. The van der Waals surface area contributed by atoms with Gasteiger partial charge in [0.1, 0.15) is 11.1 Å². The van der Waals surface area contributed by atoms with E-state index in [9.17, 15) is 4.79 Å². The lowest BCUT2D eigenvalue weighted by molar-refractivity contribution is -0.142. The number of nitrogens with zero attached hydrogens (tertiary/aromatic N) is 1. The summed E-state index contributed by atoms with van der Waals surface area (Å²) in [6.45, 7) is -0.228. The number of carbonyl (C=O) groups excluding carboxylic acids is 1. The number of rotatable bonds is 6. The number of carbonyl (C=O) groups is 1. The molecule has 0 saturated carbocycles. The molecule has 6 nitrogen and oxygen atoms in total. The quantitative estimate of drug-likeness (QED) is 0.242. The Hall–Kier alpha value is -1.86. The molecule has 0 amide bonds. The molecule has 0 spiro atoms. The van der Waals surface area contributed by atoms with E-state index >= 15 is 0 Å². The molecule has 0 saturated heterocycles. The van der Waals surface area contributed by atoms with Gasteiger partial charge in [0.15, 0.2) is 18.1 Å². The van der Waals surface area contributed by atoms with Crippen molar-refractivity contribution in [2.75, 3.05) is 20.8 Å². The summed E-state index contributed by atoms with van der Waals surface area (Å²) in [4.78, 5) is 11.2. The number of esters is 1. The molecule has 0 aliphatic rings. The molecule has 0 unspecified atom stereocenters. The fourth-order valence-electron chi connectivity index (χ4n) is 1.48. The predicted molar refractivity (Wildman–Crippen MR) is 93.6 cm³/mol. The van der Waals surface area contributed by atoms with E-state index in [0.717, 1.165) is 0 Å². The summed E-state index contributed by atoms with van der Waals surface area (Å²) in [5.41, 5.74) is 6.33. The van der Waals surface area contributed by atoms with Crippen LogP contribution in [0.3, 0.4) is 0 Å². The second kappa shape index (κ2) is 8.55. The lowest BCUT2D eigenvalue weighted by Crippen LogP contribution is -2.13. The summed E-state index contributed by atoms with van der Waals surface area (Å²) in [6.07, 6.45) is 1.55. The van der Waals surface area contributed by atoms with Gasteiger partial charge in [0.05, 0.1) is 23.4 Å². The van der Waals surface area contributed by atoms with Gasteiger partial charge in [-0.25, -0.2) is 4.79 Å². The average molecular weight is 432 g/mol. The Labute approximate surface area is 147 Å². The lowest BCUT2D eigenvalue weighted by atomic mass is 10.1. The van der Waals surface area contributed by atoms with Crippen molar-refractivity contribution in [3.05, 3.63) is 26.8 Å². The van der Waals surface area contributed by atoms with Crippen LogP contribution in [0.5, 0.6) is 11.5 Å². The second-order valence-corrected chi connectivity index (χ2v) is 5.54. The van der Waals surface area contributed by atoms with Gasteiger partial charge in [-0.1, -0.05) is 12.2 Å². The van der Waals surface area contributed by atoms with E-state index in [1.54, 1.807) is 18.2 Å². The third kappa shape index (κ3) is 4.85.